The Morgan fingerprint density at radius 2 is 1.28 bits per heavy atom. The molecule has 0 aromatic heterocycles. The summed E-state index contributed by atoms with van der Waals surface area (Å²) in [7, 11) is -8.58. The van der Waals surface area contributed by atoms with Crippen molar-refractivity contribution in [3.8, 4) is 0 Å². The zero-order valence-electron chi connectivity index (χ0n) is 17.0. The summed E-state index contributed by atoms with van der Waals surface area (Å²) in [5.41, 5.74) is 0.330. The fraction of sp³-hybridized carbons (Fsp3) is 0.611. The third kappa shape index (κ3) is 6.15. The highest BCUT2D eigenvalue weighted by Crippen LogP contribution is 2.81. The van der Waals surface area contributed by atoms with Crippen molar-refractivity contribution in [3.63, 3.8) is 0 Å². The predicted molar refractivity (Wildman–Crippen MR) is 115 cm³/mol. The smallest absolute Gasteiger partial charge is 0.307 e. The largest absolute Gasteiger partial charge is 0.363 e. The molecular formula is C18H28Cl2O7P2. The maximum atomic E-state index is 13.6. The highest BCUT2D eigenvalue weighted by atomic mass is 35.5. The predicted octanol–water partition coefficient (Wildman–Crippen LogP) is 6.29. The average Bonchev–Trinajstić information content (AvgIpc) is 2.68. The third-order valence-electron chi connectivity index (χ3n) is 3.82. The first kappa shape index (κ1) is 26.8. The van der Waals surface area contributed by atoms with E-state index >= 15 is 0 Å². The molecule has 0 aliphatic rings. The van der Waals surface area contributed by atoms with Crippen molar-refractivity contribution in [2.24, 2.45) is 0 Å². The first-order valence-electron chi connectivity index (χ1n) is 9.35. The van der Waals surface area contributed by atoms with Gasteiger partial charge >= 0.3 is 15.2 Å². The number of alkyl halides is 2. The van der Waals surface area contributed by atoms with E-state index in [1.54, 1.807) is 58.0 Å². The molecule has 1 aromatic rings. The van der Waals surface area contributed by atoms with Crippen molar-refractivity contribution in [1.29, 1.82) is 0 Å². The Balaban J connectivity index is 3.48. The van der Waals surface area contributed by atoms with Crippen LogP contribution < -0.4 is 0 Å². The summed E-state index contributed by atoms with van der Waals surface area (Å²) >= 11 is 13.1. The fourth-order valence-electron chi connectivity index (χ4n) is 2.63. The first-order valence-corrected chi connectivity index (χ1v) is 13.2. The molecule has 1 atom stereocenters. The Hall–Kier alpha value is -0.230. The molecule has 0 bridgehead atoms. The van der Waals surface area contributed by atoms with Crippen LogP contribution in [0.3, 0.4) is 0 Å². The monoisotopic (exact) mass is 488 g/mol. The van der Waals surface area contributed by atoms with E-state index < -0.39 is 37.1 Å². The van der Waals surface area contributed by atoms with Gasteiger partial charge in [0, 0.05) is 12.0 Å². The van der Waals surface area contributed by atoms with Crippen LogP contribution in [0.2, 0.25) is 0 Å². The van der Waals surface area contributed by atoms with Gasteiger partial charge in [0.2, 0.25) is 4.36 Å². The summed E-state index contributed by atoms with van der Waals surface area (Å²) in [5, 5.41) is -1.28. The van der Waals surface area contributed by atoms with Crippen LogP contribution in [0.25, 0.3) is 0 Å². The van der Waals surface area contributed by atoms with Crippen molar-refractivity contribution in [1.82, 2.24) is 0 Å². The molecule has 0 saturated carbocycles. The van der Waals surface area contributed by atoms with Crippen molar-refractivity contribution < 1.29 is 32.0 Å². The van der Waals surface area contributed by atoms with Crippen LogP contribution in [0.4, 0.5) is 0 Å². The summed E-state index contributed by atoms with van der Waals surface area (Å²) in [4.78, 5) is 12.8. The second kappa shape index (κ2) is 12.0. The van der Waals surface area contributed by atoms with Crippen molar-refractivity contribution in [2.45, 2.75) is 43.8 Å². The van der Waals surface area contributed by atoms with Crippen molar-refractivity contribution in [3.05, 3.63) is 35.9 Å². The van der Waals surface area contributed by atoms with Gasteiger partial charge in [0.15, 0.2) is 5.78 Å². The maximum Gasteiger partial charge on any atom is 0.363 e. The van der Waals surface area contributed by atoms with Crippen molar-refractivity contribution >= 4 is 44.2 Å². The number of carbonyl (C=O) groups is 1. The van der Waals surface area contributed by atoms with Gasteiger partial charge in [0.1, 0.15) is 0 Å². The number of ketones is 1. The van der Waals surface area contributed by atoms with Gasteiger partial charge in [-0.2, -0.15) is 0 Å². The summed E-state index contributed by atoms with van der Waals surface area (Å²) < 4.78 is 46.4. The number of hydrogen-bond donors (Lipinski definition) is 0. The van der Waals surface area contributed by atoms with Crippen LogP contribution in [0.15, 0.2) is 30.3 Å². The molecule has 0 amide bonds. The molecule has 0 heterocycles. The summed E-state index contributed by atoms with van der Waals surface area (Å²) in [6.07, 6.45) is -0.515. The van der Waals surface area contributed by atoms with Gasteiger partial charge in [-0.1, -0.05) is 41.9 Å². The molecule has 1 aromatic carbocycles. The minimum absolute atomic E-state index is 0.0381. The molecule has 0 radical (unpaired) electrons. The van der Waals surface area contributed by atoms with Gasteiger partial charge in [0.05, 0.1) is 31.8 Å². The minimum atomic E-state index is -4.29. The lowest BCUT2D eigenvalue weighted by Gasteiger charge is -2.38. The number of hydrogen-bond acceptors (Lipinski definition) is 7. The minimum Gasteiger partial charge on any atom is -0.307 e. The lowest BCUT2D eigenvalue weighted by atomic mass is 10.1. The van der Waals surface area contributed by atoms with Gasteiger partial charge < -0.3 is 18.1 Å². The number of carbonyl (C=O) groups excluding carboxylic acids is 1. The van der Waals surface area contributed by atoms with Gasteiger partial charge in [-0.3, -0.25) is 13.9 Å². The first-order chi connectivity index (χ1) is 13.6. The standard InChI is InChI=1S/C18H28Cl2O7P2/c1-5-24-28(22,25-6-2)18(20,29(23,26-7-3)27-8-4)14-16(19)17(21)15-12-10-9-11-13-15/h9-13,16H,5-8,14H2,1-4H3. The van der Waals surface area contributed by atoms with Gasteiger partial charge in [-0.25, -0.2) is 0 Å². The lowest BCUT2D eigenvalue weighted by Crippen LogP contribution is -2.33. The Kier molecular flexibility index (Phi) is 11.1. The number of rotatable bonds is 14. The van der Waals surface area contributed by atoms with E-state index in [1.807, 2.05) is 0 Å². The molecule has 11 heteroatoms. The molecule has 0 spiro atoms. The molecule has 1 unspecified atom stereocenters. The topological polar surface area (TPSA) is 88.1 Å². The van der Waals surface area contributed by atoms with E-state index in [-0.39, 0.29) is 26.4 Å². The Morgan fingerprint density at radius 3 is 1.62 bits per heavy atom. The molecule has 0 fully saturated rings. The molecule has 7 nitrogen and oxygen atoms in total. The van der Waals surface area contributed by atoms with Gasteiger partial charge in [-0.05, 0) is 27.7 Å². The van der Waals surface area contributed by atoms with E-state index in [2.05, 4.69) is 0 Å². The zero-order chi connectivity index (χ0) is 22.1. The fourth-order valence-corrected chi connectivity index (χ4v) is 9.02. The van der Waals surface area contributed by atoms with Crippen LogP contribution in [-0.4, -0.2) is 41.9 Å². The molecule has 0 aliphatic carbocycles. The second-order valence-electron chi connectivity index (χ2n) is 5.79. The highest BCUT2D eigenvalue weighted by Gasteiger charge is 2.65. The number of Topliss-reactive ketones (excluding diaryl/α,β-unsaturated/α-hetero) is 1. The third-order valence-corrected chi connectivity index (χ3v) is 11.5. The van der Waals surface area contributed by atoms with Crippen LogP contribution in [-0.2, 0) is 27.2 Å². The van der Waals surface area contributed by atoms with E-state index in [0.29, 0.717) is 5.56 Å². The van der Waals surface area contributed by atoms with Crippen LogP contribution in [0.1, 0.15) is 44.5 Å². The average molecular weight is 489 g/mol. The normalized spacial score (nSPS) is 14.0. The van der Waals surface area contributed by atoms with Crippen LogP contribution in [0, 0.1) is 0 Å². The maximum absolute atomic E-state index is 13.6. The summed E-state index contributed by atoms with van der Waals surface area (Å²) in [5.74, 6) is -0.476. The molecular weight excluding hydrogens is 461 g/mol. The van der Waals surface area contributed by atoms with Crippen LogP contribution in [0.5, 0.6) is 0 Å². The van der Waals surface area contributed by atoms with E-state index in [0.717, 1.165) is 0 Å². The molecule has 166 valence electrons. The molecule has 0 aliphatic heterocycles. The molecule has 0 saturated heterocycles. The van der Waals surface area contributed by atoms with E-state index in [9.17, 15) is 13.9 Å². The molecule has 1 rings (SSSR count). The Bertz CT molecular complexity index is 695. The quantitative estimate of drug-likeness (QED) is 0.172. The summed E-state index contributed by atoms with van der Waals surface area (Å²) in [6, 6.07) is 8.29. The van der Waals surface area contributed by atoms with Gasteiger partial charge in [-0.15, -0.1) is 11.6 Å². The summed E-state index contributed by atoms with van der Waals surface area (Å²) in [6.45, 7) is 6.19. The molecule has 0 N–H and O–H groups in total. The Labute approximate surface area is 182 Å². The van der Waals surface area contributed by atoms with E-state index in [4.69, 9.17) is 41.3 Å². The Morgan fingerprint density at radius 1 is 0.897 bits per heavy atom. The highest BCUT2D eigenvalue weighted by molar-refractivity contribution is 7.77. The van der Waals surface area contributed by atoms with Gasteiger partial charge in [0.25, 0.3) is 0 Å². The zero-order valence-corrected chi connectivity index (χ0v) is 20.3. The van der Waals surface area contributed by atoms with Crippen LogP contribution >= 0.6 is 38.4 Å². The SMILES string of the molecule is CCOP(=O)(OCC)C(Cl)(CC(Cl)C(=O)c1ccccc1)P(=O)(OCC)OCC. The van der Waals surface area contributed by atoms with E-state index in [1.165, 1.54) is 0 Å². The lowest BCUT2D eigenvalue weighted by molar-refractivity contribution is 0.0982. The molecule has 29 heavy (non-hydrogen) atoms. The van der Waals surface area contributed by atoms with Crippen molar-refractivity contribution in [2.75, 3.05) is 26.4 Å². The number of benzene rings is 1. The number of halogens is 2. The second-order valence-corrected chi connectivity index (χ2v) is 12.4.